The molecule has 2 fully saturated rings. The van der Waals surface area contributed by atoms with Crippen molar-refractivity contribution in [2.24, 2.45) is 16.9 Å². The Hall–Kier alpha value is -5.28. The molecule has 4 aromatic rings. The highest BCUT2D eigenvalue weighted by atomic mass is 16.5. The Balaban J connectivity index is 0.000000210. The molecule has 3 aliphatic rings. The number of hydrogen-bond donors (Lipinski definition) is 4. The minimum Gasteiger partial charge on any atom is -0.492 e. The van der Waals surface area contributed by atoms with Crippen LogP contribution in [0.2, 0.25) is 0 Å². The maximum absolute atomic E-state index is 12.9. The van der Waals surface area contributed by atoms with E-state index >= 15 is 0 Å². The second-order valence-corrected chi connectivity index (χ2v) is 15.5. The summed E-state index contributed by atoms with van der Waals surface area (Å²) in [5.74, 6) is 1.69. The van der Waals surface area contributed by atoms with E-state index in [0.29, 0.717) is 37.0 Å². The molecule has 4 N–H and O–H groups in total. The van der Waals surface area contributed by atoms with Gasteiger partial charge in [-0.15, -0.1) is 0 Å². The zero-order valence-electron chi connectivity index (χ0n) is 34.8. The molecule has 0 radical (unpaired) electrons. The number of amides is 2. The molecule has 58 heavy (non-hydrogen) atoms. The van der Waals surface area contributed by atoms with E-state index in [9.17, 15) is 14.4 Å². The molecule has 4 unspecified atom stereocenters. The Morgan fingerprint density at radius 3 is 1.97 bits per heavy atom. The van der Waals surface area contributed by atoms with Crippen LogP contribution >= 0.6 is 0 Å². The maximum atomic E-state index is 12.9. The van der Waals surface area contributed by atoms with E-state index in [2.05, 4.69) is 36.7 Å². The third kappa shape index (κ3) is 12.6. The number of ether oxygens (including phenoxy) is 3. The summed E-state index contributed by atoms with van der Waals surface area (Å²) in [6, 6.07) is 19.6. The fourth-order valence-electron chi connectivity index (χ4n) is 6.59. The number of aromatic amines is 1. The van der Waals surface area contributed by atoms with Crippen LogP contribution in [0.25, 0.3) is 10.9 Å². The van der Waals surface area contributed by atoms with Crippen LogP contribution < -0.4 is 20.2 Å². The third-order valence-electron chi connectivity index (χ3n) is 9.93. The van der Waals surface area contributed by atoms with Crippen molar-refractivity contribution in [3.8, 4) is 11.5 Å². The first-order chi connectivity index (χ1) is 27.9. The van der Waals surface area contributed by atoms with Crippen LogP contribution in [-0.4, -0.2) is 137 Å². The molecule has 2 amide bonds. The van der Waals surface area contributed by atoms with Gasteiger partial charge in [0.05, 0.1) is 30.9 Å². The van der Waals surface area contributed by atoms with E-state index in [-0.39, 0.29) is 42.1 Å². The van der Waals surface area contributed by atoms with Crippen molar-refractivity contribution in [3.05, 3.63) is 89.1 Å². The molecular weight excluding hydrogens is 739 g/mol. The highest BCUT2D eigenvalue weighted by molar-refractivity contribution is 6.15. The number of hydrogen-bond acceptors (Lipinski definition) is 11. The van der Waals surface area contributed by atoms with Crippen molar-refractivity contribution in [3.63, 3.8) is 0 Å². The van der Waals surface area contributed by atoms with Gasteiger partial charge in [-0.05, 0) is 121 Å². The normalized spacial score (nSPS) is 18.7. The summed E-state index contributed by atoms with van der Waals surface area (Å²) in [4.78, 5) is 46.2. The average molecular weight is 798 g/mol. The van der Waals surface area contributed by atoms with Crippen molar-refractivity contribution >= 4 is 40.6 Å². The number of likely N-dealkylation sites (N-methyl/N-ethyl adjacent to an activating group) is 3. The highest BCUT2D eigenvalue weighted by Crippen LogP contribution is 2.49. The molecule has 1 aromatic heterocycles. The number of aliphatic hydroxyl groups excluding tert-OH is 1. The summed E-state index contributed by atoms with van der Waals surface area (Å²) in [5.41, 5.74) is 7.48. The van der Waals surface area contributed by atoms with E-state index in [4.69, 9.17) is 19.3 Å². The van der Waals surface area contributed by atoms with Crippen molar-refractivity contribution in [2.45, 2.75) is 31.6 Å². The van der Waals surface area contributed by atoms with E-state index in [1.807, 2.05) is 103 Å². The largest absolute Gasteiger partial charge is 0.492 e. The zero-order chi connectivity index (χ0) is 41.8. The average Bonchev–Trinajstić information content (AvgIpc) is 4.11. The monoisotopic (exact) mass is 797 g/mol. The first kappa shape index (κ1) is 43.8. The van der Waals surface area contributed by atoms with E-state index in [0.717, 1.165) is 66.0 Å². The summed E-state index contributed by atoms with van der Waals surface area (Å²) in [7, 11) is 11.9. The van der Waals surface area contributed by atoms with Crippen LogP contribution in [0.15, 0.2) is 72.0 Å². The number of H-pyrrole nitrogens is 1. The fraction of sp³-hybridized carbons (Fsp3) is 0.455. The molecule has 1 aliphatic heterocycles. The van der Waals surface area contributed by atoms with Gasteiger partial charge in [0.1, 0.15) is 24.7 Å². The van der Waals surface area contributed by atoms with Crippen molar-refractivity contribution < 1.29 is 33.7 Å². The minimum atomic E-state index is -0.295. The number of rotatable bonds is 16. The summed E-state index contributed by atoms with van der Waals surface area (Å²) >= 11 is 0. The first-order valence-corrected chi connectivity index (χ1v) is 19.8. The molecule has 312 valence electrons. The lowest BCUT2D eigenvalue weighted by molar-refractivity contribution is -0.144. The van der Waals surface area contributed by atoms with Crippen LogP contribution in [0, 0.1) is 11.8 Å². The van der Waals surface area contributed by atoms with Gasteiger partial charge in [-0.3, -0.25) is 14.4 Å². The van der Waals surface area contributed by atoms with Gasteiger partial charge in [-0.2, -0.15) is 5.10 Å². The number of anilines is 1. The predicted molar refractivity (Wildman–Crippen MR) is 227 cm³/mol. The van der Waals surface area contributed by atoms with Crippen LogP contribution in [0.4, 0.5) is 5.69 Å². The Morgan fingerprint density at radius 1 is 0.828 bits per heavy atom. The number of esters is 1. The summed E-state index contributed by atoms with van der Waals surface area (Å²) in [5, 5.41) is 15.9. The Kier molecular flexibility index (Phi) is 15.8. The van der Waals surface area contributed by atoms with Crippen molar-refractivity contribution in [1.29, 1.82) is 0 Å². The van der Waals surface area contributed by atoms with E-state index in [1.54, 1.807) is 18.5 Å². The third-order valence-corrected chi connectivity index (χ3v) is 9.93. The lowest BCUT2D eigenvalue weighted by Gasteiger charge is -2.12. The van der Waals surface area contributed by atoms with Gasteiger partial charge >= 0.3 is 5.97 Å². The molecule has 3 aromatic carbocycles. The molecule has 2 aliphatic carbocycles. The van der Waals surface area contributed by atoms with Crippen LogP contribution in [0.1, 0.15) is 58.6 Å². The molecule has 2 heterocycles. The summed E-state index contributed by atoms with van der Waals surface area (Å²) < 4.78 is 16.6. The van der Waals surface area contributed by atoms with Crippen molar-refractivity contribution in [2.75, 3.05) is 93.7 Å². The van der Waals surface area contributed by atoms with Crippen LogP contribution in [0.5, 0.6) is 11.5 Å². The number of nitrogens with one attached hydrogen (secondary N) is 3. The number of aromatic nitrogens is 1. The van der Waals surface area contributed by atoms with Gasteiger partial charge in [-0.1, -0.05) is 24.3 Å². The van der Waals surface area contributed by atoms with Gasteiger partial charge in [0.25, 0.3) is 5.91 Å². The number of aliphatic hydroxyl groups is 1. The fourth-order valence-corrected chi connectivity index (χ4v) is 6.59. The molecule has 14 heteroatoms. The molecule has 0 spiro atoms. The van der Waals surface area contributed by atoms with E-state index < -0.39 is 0 Å². The predicted octanol–water partition coefficient (Wildman–Crippen LogP) is 4.76. The Morgan fingerprint density at radius 2 is 1.41 bits per heavy atom. The number of carbonyl (C=O) groups is 3. The topological polar surface area (TPSA) is 161 Å². The van der Waals surface area contributed by atoms with Crippen molar-refractivity contribution in [1.82, 2.24) is 25.1 Å². The molecule has 2 saturated carbocycles. The second kappa shape index (κ2) is 20.9. The Bertz CT molecular complexity index is 2030. The molecule has 7 rings (SSSR count). The molecule has 0 bridgehead atoms. The van der Waals surface area contributed by atoms with Gasteiger partial charge in [0, 0.05) is 53.9 Å². The SMILES string of the molecule is CCOC(=O)C1CC1c1cccc(OCCN(C)C)c1.CN(C)CCO.CN(C)CCOc1cccc(C2CC2C(=O)Nc2cc3c4c(c[nH]c4c2)C=NNC3=O)c1. The van der Waals surface area contributed by atoms with Gasteiger partial charge in [0.2, 0.25) is 5.91 Å². The van der Waals surface area contributed by atoms with Crippen LogP contribution in [0.3, 0.4) is 0 Å². The number of carbonyl (C=O) groups excluding carboxylic acids is 3. The first-order valence-electron chi connectivity index (χ1n) is 19.8. The highest BCUT2D eigenvalue weighted by Gasteiger charge is 2.45. The Labute approximate surface area is 341 Å². The van der Waals surface area contributed by atoms with Gasteiger partial charge < -0.3 is 44.3 Å². The molecular formula is C44H59N7O7. The molecule has 4 atom stereocenters. The minimum absolute atomic E-state index is 0.0342. The van der Waals surface area contributed by atoms with Gasteiger partial charge in [0.15, 0.2) is 0 Å². The lowest BCUT2D eigenvalue weighted by Crippen LogP contribution is -2.19. The lowest BCUT2D eigenvalue weighted by atomic mass is 10.0. The van der Waals surface area contributed by atoms with Gasteiger partial charge in [-0.25, -0.2) is 5.43 Å². The zero-order valence-corrected chi connectivity index (χ0v) is 34.8. The smallest absolute Gasteiger partial charge is 0.309 e. The molecule has 14 nitrogen and oxygen atoms in total. The number of hydrazone groups is 1. The second-order valence-electron chi connectivity index (χ2n) is 15.5. The standard InChI is InChI=1S/C24H25N5O3.C16H23NO3.C4H11NO/c1-29(2)6-7-32-17-5-3-4-14(8-17)18-11-19(18)23(30)27-16-9-20-22-15(12-25-21(22)10-16)13-26-28-24(20)31;1-4-19-16(18)15-11-14(15)12-6-5-7-13(10-12)20-9-8-17(2)3;1-5(2)3-4-6/h3-5,8-10,12-13,18-19,25H,6-7,11H2,1-2H3,(H,27,30)(H,28,31);5-7,10,14-15H,4,8-9,11H2,1-3H3;6H,3-4H2,1-2H3. The maximum Gasteiger partial charge on any atom is 0.309 e. The van der Waals surface area contributed by atoms with Crippen LogP contribution in [-0.2, 0) is 14.3 Å². The summed E-state index contributed by atoms with van der Waals surface area (Å²) in [6.07, 6.45) is 5.09. The molecule has 0 saturated heterocycles. The van der Waals surface area contributed by atoms with E-state index in [1.165, 1.54) is 5.56 Å². The number of benzene rings is 3. The number of nitrogens with zero attached hydrogens (tertiary/aromatic N) is 4. The quantitative estimate of drug-likeness (QED) is 0.116. The summed E-state index contributed by atoms with van der Waals surface area (Å²) in [6.45, 7) is 6.34.